The molecule has 0 aromatic rings. The standard InChI is InChI=1S/C14H28N2O3S/c1-12(2)8-10-15-14(17)9-11-16(20(3,18)19)13-6-4-5-7-13/h12-13H,4-11H2,1-3H3,(H,15,17). The fourth-order valence-electron chi connectivity index (χ4n) is 2.61. The summed E-state index contributed by atoms with van der Waals surface area (Å²) in [6.45, 7) is 5.19. The van der Waals surface area contributed by atoms with Gasteiger partial charge in [0.05, 0.1) is 6.26 Å². The van der Waals surface area contributed by atoms with Crippen molar-refractivity contribution >= 4 is 15.9 Å². The van der Waals surface area contributed by atoms with Crippen LogP contribution in [-0.4, -0.2) is 44.0 Å². The molecule has 6 heteroatoms. The van der Waals surface area contributed by atoms with Gasteiger partial charge >= 0.3 is 0 Å². The Kier molecular flexibility index (Phi) is 6.95. The van der Waals surface area contributed by atoms with Crippen LogP contribution in [-0.2, 0) is 14.8 Å². The average Bonchev–Trinajstić information content (AvgIpc) is 2.80. The predicted molar refractivity (Wildman–Crippen MR) is 80.9 cm³/mol. The number of sulfonamides is 1. The summed E-state index contributed by atoms with van der Waals surface area (Å²) in [5.41, 5.74) is 0. The Bertz CT molecular complexity index is 401. The smallest absolute Gasteiger partial charge is 0.221 e. The minimum atomic E-state index is -3.22. The van der Waals surface area contributed by atoms with Gasteiger partial charge in [-0.2, -0.15) is 4.31 Å². The van der Waals surface area contributed by atoms with Crippen LogP contribution in [0.15, 0.2) is 0 Å². The third kappa shape index (κ3) is 6.22. The molecule has 0 radical (unpaired) electrons. The Hall–Kier alpha value is -0.620. The number of carbonyl (C=O) groups excluding carboxylic acids is 1. The zero-order chi connectivity index (χ0) is 15.2. The number of nitrogens with zero attached hydrogens (tertiary/aromatic N) is 1. The minimum Gasteiger partial charge on any atom is -0.356 e. The van der Waals surface area contributed by atoms with Crippen LogP contribution in [0.3, 0.4) is 0 Å². The molecule has 1 amide bonds. The van der Waals surface area contributed by atoms with Crippen molar-refractivity contribution in [3.8, 4) is 0 Å². The second-order valence-corrected chi connectivity index (χ2v) is 8.03. The molecule has 0 atom stereocenters. The van der Waals surface area contributed by atoms with Gasteiger partial charge in [-0.1, -0.05) is 26.7 Å². The van der Waals surface area contributed by atoms with E-state index in [1.54, 1.807) is 0 Å². The monoisotopic (exact) mass is 304 g/mol. The third-order valence-corrected chi connectivity index (χ3v) is 5.09. The highest BCUT2D eigenvalue weighted by molar-refractivity contribution is 7.88. The Balaban J connectivity index is 2.40. The number of nitrogens with one attached hydrogen (secondary N) is 1. The first-order chi connectivity index (χ1) is 9.30. The molecule has 1 N–H and O–H groups in total. The summed E-state index contributed by atoms with van der Waals surface area (Å²) in [5.74, 6) is 0.499. The van der Waals surface area contributed by atoms with E-state index < -0.39 is 10.0 Å². The summed E-state index contributed by atoms with van der Waals surface area (Å²) in [6, 6.07) is 0.0912. The molecular weight excluding hydrogens is 276 g/mol. The van der Waals surface area contributed by atoms with Gasteiger partial charge < -0.3 is 5.32 Å². The molecule has 0 unspecified atom stereocenters. The lowest BCUT2D eigenvalue weighted by molar-refractivity contribution is -0.121. The molecule has 5 nitrogen and oxygen atoms in total. The van der Waals surface area contributed by atoms with E-state index in [1.807, 2.05) is 0 Å². The number of hydrogen-bond acceptors (Lipinski definition) is 3. The molecule has 0 heterocycles. The molecule has 0 spiro atoms. The molecular formula is C14H28N2O3S. The van der Waals surface area contributed by atoms with Crippen molar-refractivity contribution in [1.82, 2.24) is 9.62 Å². The van der Waals surface area contributed by atoms with Crippen molar-refractivity contribution in [2.24, 2.45) is 5.92 Å². The van der Waals surface area contributed by atoms with E-state index in [0.29, 0.717) is 19.0 Å². The first-order valence-corrected chi connectivity index (χ1v) is 9.39. The van der Waals surface area contributed by atoms with Crippen molar-refractivity contribution in [3.05, 3.63) is 0 Å². The van der Waals surface area contributed by atoms with E-state index in [9.17, 15) is 13.2 Å². The number of hydrogen-bond donors (Lipinski definition) is 1. The molecule has 1 saturated carbocycles. The van der Waals surface area contributed by atoms with E-state index in [2.05, 4.69) is 19.2 Å². The molecule has 1 rings (SSSR count). The molecule has 20 heavy (non-hydrogen) atoms. The molecule has 0 aromatic heterocycles. The van der Waals surface area contributed by atoms with Gasteiger partial charge in [0.25, 0.3) is 0 Å². The van der Waals surface area contributed by atoms with Gasteiger partial charge in [0, 0.05) is 25.6 Å². The van der Waals surface area contributed by atoms with E-state index >= 15 is 0 Å². The molecule has 0 aromatic carbocycles. The van der Waals surface area contributed by atoms with Gasteiger partial charge in [-0.15, -0.1) is 0 Å². The van der Waals surface area contributed by atoms with E-state index in [1.165, 1.54) is 10.6 Å². The van der Waals surface area contributed by atoms with Crippen molar-refractivity contribution in [3.63, 3.8) is 0 Å². The maximum Gasteiger partial charge on any atom is 0.221 e. The van der Waals surface area contributed by atoms with Crippen molar-refractivity contribution < 1.29 is 13.2 Å². The zero-order valence-electron chi connectivity index (χ0n) is 12.9. The molecule has 0 aliphatic heterocycles. The predicted octanol–water partition coefficient (Wildman–Crippen LogP) is 1.74. The SMILES string of the molecule is CC(C)CCNC(=O)CCN(C1CCCC1)S(C)(=O)=O. The third-order valence-electron chi connectivity index (χ3n) is 3.76. The summed E-state index contributed by atoms with van der Waals surface area (Å²) >= 11 is 0. The van der Waals surface area contributed by atoms with Crippen LogP contribution in [0.2, 0.25) is 0 Å². The molecule has 1 aliphatic carbocycles. The van der Waals surface area contributed by atoms with Crippen LogP contribution < -0.4 is 5.32 Å². The molecule has 118 valence electrons. The van der Waals surface area contributed by atoms with Crippen LogP contribution >= 0.6 is 0 Å². The van der Waals surface area contributed by atoms with Crippen LogP contribution in [0.5, 0.6) is 0 Å². The second kappa shape index (κ2) is 7.98. The fourth-order valence-corrected chi connectivity index (χ4v) is 3.79. The van der Waals surface area contributed by atoms with Gasteiger partial charge in [0.15, 0.2) is 0 Å². The quantitative estimate of drug-likeness (QED) is 0.743. The number of carbonyl (C=O) groups is 1. The normalized spacial score (nSPS) is 17.1. The second-order valence-electron chi connectivity index (χ2n) is 6.09. The highest BCUT2D eigenvalue weighted by atomic mass is 32.2. The van der Waals surface area contributed by atoms with E-state index in [0.717, 1.165) is 32.1 Å². The maximum absolute atomic E-state index is 11.8. The first-order valence-electron chi connectivity index (χ1n) is 7.54. The average molecular weight is 304 g/mol. The number of amides is 1. The Morgan fingerprint density at radius 2 is 1.90 bits per heavy atom. The maximum atomic E-state index is 11.8. The lowest BCUT2D eigenvalue weighted by atomic mass is 10.1. The van der Waals surface area contributed by atoms with Crippen molar-refractivity contribution in [2.75, 3.05) is 19.3 Å². The highest BCUT2D eigenvalue weighted by Crippen LogP contribution is 2.25. The summed E-state index contributed by atoms with van der Waals surface area (Å²) < 4.78 is 25.2. The van der Waals surface area contributed by atoms with Gasteiger partial charge in [-0.25, -0.2) is 8.42 Å². The Morgan fingerprint density at radius 3 is 2.40 bits per heavy atom. The van der Waals surface area contributed by atoms with Crippen molar-refractivity contribution in [2.45, 2.75) is 58.4 Å². The topological polar surface area (TPSA) is 66.5 Å². The minimum absolute atomic E-state index is 0.0581. The van der Waals surface area contributed by atoms with E-state index in [-0.39, 0.29) is 18.4 Å². The van der Waals surface area contributed by atoms with Crippen LogP contribution in [0.1, 0.15) is 52.4 Å². The molecule has 0 bridgehead atoms. The number of rotatable bonds is 8. The summed E-state index contributed by atoms with van der Waals surface area (Å²) in [6.07, 6.45) is 6.44. The molecule has 1 fully saturated rings. The first kappa shape index (κ1) is 17.4. The summed E-state index contributed by atoms with van der Waals surface area (Å²) in [5, 5.41) is 2.85. The highest BCUT2D eigenvalue weighted by Gasteiger charge is 2.29. The Morgan fingerprint density at radius 1 is 1.30 bits per heavy atom. The van der Waals surface area contributed by atoms with Gasteiger partial charge in [-0.05, 0) is 25.2 Å². The zero-order valence-corrected chi connectivity index (χ0v) is 13.7. The summed E-state index contributed by atoms with van der Waals surface area (Å²) in [7, 11) is -3.22. The van der Waals surface area contributed by atoms with Gasteiger partial charge in [0.1, 0.15) is 0 Å². The van der Waals surface area contributed by atoms with Crippen LogP contribution in [0, 0.1) is 5.92 Å². The van der Waals surface area contributed by atoms with E-state index in [4.69, 9.17) is 0 Å². The fraction of sp³-hybridized carbons (Fsp3) is 0.929. The lowest BCUT2D eigenvalue weighted by Gasteiger charge is -2.26. The largest absolute Gasteiger partial charge is 0.356 e. The molecule has 1 aliphatic rings. The Labute approximate surface area is 123 Å². The lowest BCUT2D eigenvalue weighted by Crippen LogP contribution is -2.40. The van der Waals surface area contributed by atoms with Gasteiger partial charge in [-0.3, -0.25) is 4.79 Å². The van der Waals surface area contributed by atoms with Crippen molar-refractivity contribution in [1.29, 1.82) is 0 Å². The van der Waals surface area contributed by atoms with Crippen LogP contribution in [0.4, 0.5) is 0 Å². The summed E-state index contributed by atoms with van der Waals surface area (Å²) in [4.78, 5) is 11.7. The molecule has 0 saturated heterocycles. The van der Waals surface area contributed by atoms with Gasteiger partial charge in [0.2, 0.25) is 15.9 Å². The van der Waals surface area contributed by atoms with Crippen LogP contribution in [0.25, 0.3) is 0 Å².